The first kappa shape index (κ1) is 12.9. The van der Waals surface area contributed by atoms with E-state index in [1.807, 2.05) is 0 Å². The fraction of sp³-hybridized carbons (Fsp3) is 0.368. The summed E-state index contributed by atoms with van der Waals surface area (Å²) in [4.78, 5) is 2.63. The van der Waals surface area contributed by atoms with E-state index in [2.05, 4.69) is 64.8 Å². The van der Waals surface area contributed by atoms with E-state index in [0.717, 1.165) is 19.0 Å². The van der Waals surface area contributed by atoms with Crippen molar-refractivity contribution < 1.29 is 0 Å². The molecule has 21 heavy (non-hydrogen) atoms. The maximum absolute atomic E-state index is 3.60. The molecule has 2 aromatic carbocycles. The third-order valence-corrected chi connectivity index (χ3v) is 4.96. The molecule has 1 saturated heterocycles. The molecule has 2 aliphatic rings. The summed E-state index contributed by atoms with van der Waals surface area (Å²) in [6, 6.07) is 19.7. The average Bonchev–Trinajstić information content (AvgIpc) is 2.83. The quantitative estimate of drug-likeness (QED) is 0.900. The zero-order chi connectivity index (χ0) is 14.1. The predicted octanol–water partition coefficient (Wildman–Crippen LogP) is 3.72. The van der Waals surface area contributed by atoms with Crippen molar-refractivity contribution in [3.63, 3.8) is 0 Å². The van der Waals surface area contributed by atoms with Crippen LogP contribution in [0.4, 0.5) is 5.69 Å². The second-order valence-electron chi connectivity index (χ2n) is 6.35. The number of nitrogens with one attached hydrogen (secondary N) is 1. The SMILES string of the molecule is c1ccc(CN2C[C@@H]3CCNc4ccccc4[C@H]3C2)cc1. The van der Waals surface area contributed by atoms with Crippen LogP contribution in [-0.2, 0) is 6.54 Å². The highest BCUT2D eigenvalue weighted by atomic mass is 15.2. The largest absolute Gasteiger partial charge is 0.385 e. The van der Waals surface area contributed by atoms with Crippen LogP contribution < -0.4 is 5.32 Å². The van der Waals surface area contributed by atoms with Gasteiger partial charge in [0.2, 0.25) is 0 Å². The van der Waals surface area contributed by atoms with Gasteiger partial charge in [-0.25, -0.2) is 0 Å². The van der Waals surface area contributed by atoms with E-state index in [1.54, 1.807) is 0 Å². The Morgan fingerprint density at radius 3 is 2.67 bits per heavy atom. The molecule has 2 nitrogen and oxygen atoms in total. The molecule has 4 rings (SSSR count). The van der Waals surface area contributed by atoms with Gasteiger partial charge in [-0.2, -0.15) is 0 Å². The first-order chi connectivity index (χ1) is 10.4. The highest BCUT2D eigenvalue weighted by Gasteiger charge is 2.35. The molecule has 108 valence electrons. The number of nitrogens with zero attached hydrogens (tertiary/aromatic N) is 1. The Balaban J connectivity index is 1.55. The lowest BCUT2D eigenvalue weighted by Crippen LogP contribution is -2.21. The first-order valence-electron chi connectivity index (χ1n) is 7.99. The predicted molar refractivity (Wildman–Crippen MR) is 87.5 cm³/mol. The van der Waals surface area contributed by atoms with Crippen molar-refractivity contribution in [1.29, 1.82) is 0 Å². The van der Waals surface area contributed by atoms with E-state index < -0.39 is 0 Å². The third kappa shape index (κ3) is 2.56. The second kappa shape index (κ2) is 5.53. The number of fused-ring (bicyclic) bond motifs is 3. The van der Waals surface area contributed by atoms with Crippen molar-refractivity contribution in [3.05, 3.63) is 65.7 Å². The van der Waals surface area contributed by atoms with Gasteiger partial charge in [0.05, 0.1) is 0 Å². The molecule has 0 unspecified atom stereocenters. The number of para-hydroxylation sites is 1. The van der Waals surface area contributed by atoms with Crippen LogP contribution in [0.5, 0.6) is 0 Å². The lowest BCUT2D eigenvalue weighted by molar-refractivity contribution is 0.314. The van der Waals surface area contributed by atoms with Gasteiger partial charge in [0.25, 0.3) is 0 Å². The molecular weight excluding hydrogens is 256 g/mol. The van der Waals surface area contributed by atoms with Crippen molar-refractivity contribution in [2.45, 2.75) is 18.9 Å². The molecule has 2 heteroatoms. The van der Waals surface area contributed by atoms with Gasteiger partial charge in [0.1, 0.15) is 0 Å². The molecule has 0 amide bonds. The van der Waals surface area contributed by atoms with E-state index >= 15 is 0 Å². The van der Waals surface area contributed by atoms with Crippen LogP contribution in [0, 0.1) is 5.92 Å². The highest BCUT2D eigenvalue weighted by Crippen LogP contribution is 2.40. The molecule has 2 heterocycles. The number of hydrogen-bond acceptors (Lipinski definition) is 2. The summed E-state index contributed by atoms with van der Waals surface area (Å²) in [6.07, 6.45) is 1.28. The summed E-state index contributed by atoms with van der Waals surface area (Å²) in [6.45, 7) is 4.62. The number of rotatable bonds is 2. The normalized spacial score (nSPS) is 24.8. The lowest BCUT2D eigenvalue weighted by atomic mass is 9.87. The van der Waals surface area contributed by atoms with E-state index in [1.165, 1.54) is 36.3 Å². The van der Waals surface area contributed by atoms with Gasteiger partial charge in [0, 0.05) is 37.8 Å². The summed E-state index contributed by atoms with van der Waals surface area (Å²) < 4.78 is 0. The molecule has 2 atom stereocenters. The van der Waals surface area contributed by atoms with E-state index in [0.29, 0.717) is 5.92 Å². The molecule has 2 aromatic rings. The van der Waals surface area contributed by atoms with Gasteiger partial charge in [-0.15, -0.1) is 0 Å². The van der Waals surface area contributed by atoms with Gasteiger partial charge in [-0.1, -0.05) is 48.5 Å². The third-order valence-electron chi connectivity index (χ3n) is 4.96. The number of hydrogen-bond donors (Lipinski definition) is 1. The monoisotopic (exact) mass is 278 g/mol. The van der Waals surface area contributed by atoms with E-state index in [9.17, 15) is 0 Å². The minimum Gasteiger partial charge on any atom is -0.385 e. The number of benzene rings is 2. The molecule has 1 N–H and O–H groups in total. The Bertz CT molecular complexity index is 608. The van der Waals surface area contributed by atoms with Gasteiger partial charge < -0.3 is 5.32 Å². The van der Waals surface area contributed by atoms with Crippen LogP contribution in [0.15, 0.2) is 54.6 Å². The Morgan fingerprint density at radius 1 is 0.952 bits per heavy atom. The number of likely N-dealkylation sites (tertiary alicyclic amines) is 1. The summed E-state index contributed by atoms with van der Waals surface area (Å²) >= 11 is 0. The maximum atomic E-state index is 3.60. The Labute approximate surface area is 126 Å². The van der Waals surface area contributed by atoms with Crippen molar-refractivity contribution in [1.82, 2.24) is 4.90 Å². The fourth-order valence-electron chi connectivity index (χ4n) is 3.95. The van der Waals surface area contributed by atoms with Crippen molar-refractivity contribution in [2.75, 3.05) is 25.0 Å². The summed E-state index contributed by atoms with van der Waals surface area (Å²) in [7, 11) is 0. The molecule has 0 radical (unpaired) electrons. The summed E-state index contributed by atoms with van der Waals surface area (Å²) in [5.74, 6) is 1.49. The second-order valence-corrected chi connectivity index (χ2v) is 6.35. The van der Waals surface area contributed by atoms with Gasteiger partial charge in [-0.3, -0.25) is 4.90 Å². The Kier molecular flexibility index (Phi) is 3.40. The Hall–Kier alpha value is -1.80. The fourth-order valence-corrected chi connectivity index (χ4v) is 3.95. The summed E-state index contributed by atoms with van der Waals surface area (Å²) in [5, 5.41) is 3.60. The average molecular weight is 278 g/mol. The van der Waals surface area contributed by atoms with Crippen LogP contribution >= 0.6 is 0 Å². The Morgan fingerprint density at radius 2 is 1.76 bits per heavy atom. The molecule has 0 aromatic heterocycles. The van der Waals surface area contributed by atoms with Crippen LogP contribution in [0.3, 0.4) is 0 Å². The standard InChI is InChI=1S/C19H22N2/c1-2-6-15(7-3-1)12-21-13-16-10-11-20-19-9-5-4-8-17(19)18(16)14-21/h1-9,16,18,20H,10-14H2/t16-,18-/m0/s1. The van der Waals surface area contributed by atoms with E-state index in [-0.39, 0.29) is 0 Å². The van der Waals surface area contributed by atoms with Crippen LogP contribution in [0.25, 0.3) is 0 Å². The minimum absolute atomic E-state index is 0.694. The molecule has 0 bridgehead atoms. The topological polar surface area (TPSA) is 15.3 Å². The highest BCUT2D eigenvalue weighted by molar-refractivity contribution is 5.54. The molecule has 0 spiro atoms. The van der Waals surface area contributed by atoms with Crippen LogP contribution in [-0.4, -0.2) is 24.5 Å². The van der Waals surface area contributed by atoms with Gasteiger partial charge in [-0.05, 0) is 29.5 Å². The molecule has 2 aliphatic heterocycles. The number of anilines is 1. The van der Waals surface area contributed by atoms with Crippen molar-refractivity contribution >= 4 is 5.69 Å². The zero-order valence-electron chi connectivity index (χ0n) is 12.3. The van der Waals surface area contributed by atoms with E-state index in [4.69, 9.17) is 0 Å². The molecule has 0 saturated carbocycles. The first-order valence-corrected chi connectivity index (χ1v) is 7.99. The smallest absolute Gasteiger partial charge is 0.0376 e. The van der Waals surface area contributed by atoms with Crippen LogP contribution in [0.1, 0.15) is 23.5 Å². The zero-order valence-corrected chi connectivity index (χ0v) is 12.3. The molecule has 0 aliphatic carbocycles. The maximum Gasteiger partial charge on any atom is 0.0376 e. The molecular formula is C19H22N2. The van der Waals surface area contributed by atoms with Gasteiger partial charge >= 0.3 is 0 Å². The minimum atomic E-state index is 0.694. The summed E-state index contributed by atoms with van der Waals surface area (Å²) in [5.41, 5.74) is 4.31. The van der Waals surface area contributed by atoms with Crippen molar-refractivity contribution in [2.24, 2.45) is 5.92 Å². The molecule has 1 fully saturated rings. The van der Waals surface area contributed by atoms with Gasteiger partial charge in [0.15, 0.2) is 0 Å². The lowest BCUT2D eigenvalue weighted by Gasteiger charge is -2.18. The van der Waals surface area contributed by atoms with Crippen LogP contribution in [0.2, 0.25) is 0 Å². The van der Waals surface area contributed by atoms with Crippen molar-refractivity contribution in [3.8, 4) is 0 Å².